The number of methoxy groups -OCH3 is 1. The molecule has 0 radical (unpaired) electrons. The lowest BCUT2D eigenvalue weighted by Crippen LogP contribution is -2.31. The number of carbonyl (C=O) groups excluding carboxylic acids is 1. The molecule has 88 valence electrons. The van der Waals surface area contributed by atoms with Crippen molar-refractivity contribution in [3.63, 3.8) is 0 Å². The van der Waals surface area contributed by atoms with Crippen molar-refractivity contribution in [2.45, 2.75) is 4.83 Å². The lowest BCUT2D eigenvalue weighted by molar-refractivity contribution is -0.139. The standard InChI is InChI=1S/C11H13BrFNO2/c1-14(7-8(12)11(15)16-2)10-6-4-3-5-9(10)13/h3-6,8H,7H2,1-2H3. The van der Waals surface area contributed by atoms with E-state index in [1.54, 1.807) is 30.1 Å². The highest BCUT2D eigenvalue weighted by Gasteiger charge is 2.18. The van der Waals surface area contributed by atoms with Crippen molar-refractivity contribution in [2.75, 3.05) is 25.6 Å². The van der Waals surface area contributed by atoms with E-state index in [4.69, 9.17) is 0 Å². The van der Waals surface area contributed by atoms with E-state index in [0.29, 0.717) is 12.2 Å². The van der Waals surface area contributed by atoms with Crippen LogP contribution in [0.15, 0.2) is 24.3 Å². The molecule has 0 amide bonds. The third-order valence-electron chi connectivity index (χ3n) is 2.15. The first-order chi connectivity index (χ1) is 7.56. The summed E-state index contributed by atoms with van der Waals surface area (Å²) in [6.07, 6.45) is 0. The third kappa shape index (κ3) is 3.20. The van der Waals surface area contributed by atoms with Crippen molar-refractivity contribution in [3.05, 3.63) is 30.1 Å². The highest BCUT2D eigenvalue weighted by atomic mass is 79.9. The van der Waals surface area contributed by atoms with Crippen molar-refractivity contribution < 1.29 is 13.9 Å². The summed E-state index contributed by atoms with van der Waals surface area (Å²) in [7, 11) is 3.04. The highest BCUT2D eigenvalue weighted by molar-refractivity contribution is 9.10. The Morgan fingerprint density at radius 2 is 2.19 bits per heavy atom. The van der Waals surface area contributed by atoms with E-state index in [1.807, 2.05) is 0 Å². The van der Waals surface area contributed by atoms with Gasteiger partial charge >= 0.3 is 5.97 Å². The summed E-state index contributed by atoms with van der Waals surface area (Å²) in [4.78, 5) is 12.4. The summed E-state index contributed by atoms with van der Waals surface area (Å²) in [6, 6.07) is 6.41. The van der Waals surface area contributed by atoms with Gasteiger partial charge in [0.05, 0.1) is 12.8 Å². The van der Waals surface area contributed by atoms with Crippen molar-refractivity contribution in [1.82, 2.24) is 0 Å². The number of rotatable bonds is 4. The fourth-order valence-corrected chi connectivity index (χ4v) is 1.92. The van der Waals surface area contributed by atoms with Crippen LogP contribution in [-0.4, -0.2) is 31.5 Å². The number of anilines is 1. The van der Waals surface area contributed by atoms with Crippen molar-refractivity contribution in [1.29, 1.82) is 0 Å². The fourth-order valence-electron chi connectivity index (χ4n) is 1.30. The first-order valence-electron chi connectivity index (χ1n) is 4.74. The van der Waals surface area contributed by atoms with Gasteiger partial charge in [-0.05, 0) is 12.1 Å². The van der Waals surface area contributed by atoms with Gasteiger partial charge in [0.25, 0.3) is 0 Å². The molecule has 1 aromatic rings. The highest BCUT2D eigenvalue weighted by Crippen LogP contribution is 2.18. The lowest BCUT2D eigenvalue weighted by atomic mass is 10.2. The predicted molar refractivity (Wildman–Crippen MR) is 64.4 cm³/mol. The van der Waals surface area contributed by atoms with Crippen LogP contribution in [0.2, 0.25) is 0 Å². The fraction of sp³-hybridized carbons (Fsp3) is 0.364. The SMILES string of the molecule is COC(=O)C(Br)CN(C)c1ccccc1F. The van der Waals surface area contributed by atoms with E-state index in [-0.39, 0.29) is 11.8 Å². The molecule has 1 aromatic carbocycles. The molecule has 3 nitrogen and oxygen atoms in total. The van der Waals surface area contributed by atoms with Gasteiger partial charge in [-0.15, -0.1) is 0 Å². The van der Waals surface area contributed by atoms with E-state index in [9.17, 15) is 9.18 Å². The number of para-hydroxylation sites is 1. The Hall–Kier alpha value is -1.10. The average molecular weight is 290 g/mol. The number of esters is 1. The molecule has 1 unspecified atom stereocenters. The Labute approximate surface area is 102 Å². The Bertz CT molecular complexity index is 373. The minimum absolute atomic E-state index is 0.311. The summed E-state index contributed by atoms with van der Waals surface area (Å²) in [5.74, 6) is -0.683. The molecule has 0 aliphatic heterocycles. The average Bonchev–Trinajstić information content (AvgIpc) is 2.28. The summed E-state index contributed by atoms with van der Waals surface area (Å²) in [6.45, 7) is 0.341. The number of ether oxygens (including phenoxy) is 1. The van der Waals surface area contributed by atoms with Crippen LogP contribution >= 0.6 is 15.9 Å². The van der Waals surface area contributed by atoms with Gasteiger partial charge in [0.1, 0.15) is 10.6 Å². The first-order valence-corrected chi connectivity index (χ1v) is 5.65. The molecule has 1 rings (SSSR count). The van der Waals surface area contributed by atoms with Crippen LogP contribution in [0.4, 0.5) is 10.1 Å². The summed E-state index contributed by atoms with van der Waals surface area (Å²) >= 11 is 3.19. The Morgan fingerprint density at radius 1 is 1.56 bits per heavy atom. The van der Waals surface area contributed by atoms with Crippen molar-refractivity contribution in [2.24, 2.45) is 0 Å². The normalized spacial score (nSPS) is 12.0. The second kappa shape index (κ2) is 5.84. The molecule has 0 aromatic heterocycles. The zero-order valence-corrected chi connectivity index (χ0v) is 10.7. The third-order valence-corrected chi connectivity index (χ3v) is 2.82. The van der Waals surface area contributed by atoms with Gasteiger partial charge in [-0.1, -0.05) is 28.1 Å². The second-order valence-electron chi connectivity index (χ2n) is 3.32. The molecule has 0 N–H and O–H groups in total. The van der Waals surface area contributed by atoms with Gasteiger partial charge < -0.3 is 9.64 Å². The minimum Gasteiger partial charge on any atom is -0.468 e. The van der Waals surface area contributed by atoms with E-state index < -0.39 is 4.83 Å². The van der Waals surface area contributed by atoms with E-state index in [0.717, 1.165) is 0 Å². The van der Waals surface area contributed by atoms with Gasteiger partial charge in [-0.25, -0.2) is 4.39 Å². The molecule has 0 saturated heterocycles. The number of benzene rings is 1. The maximum Gasteiger partial charge on any atom is 0.321 e. The maximum atomic E-state index is 13.4. The molecule has 0 saturated carbocycles. The van der Waals surface area contributed by atoms with Gasteiger partial charge in [0, 0.05) is 13.6 Å². The van der Waals surface area contributed by atoms with Gasteiger partial charge in [0.15, 0.2) is 0 Å². The molecular weight excluding hydrogens is 277 g/mol. The molecule has 0 aliphatic rings. The quantitative estimate of drug-likeness (QED) is 0.629. The first kappa shape index (κ1) is 13.0. The van der Waals surface area contributed by atoms with Crippen molar-refractivity contribution >= 4 is 27.6 Å². The minimum atomic E-state index is -0.470. The number of alkyl halides is 1. The molecule has 0 spiro atoms. The smallest absolute Gasteiger partial charge is 0.321 e. The lowest BCUT2D eigenvalue weighted by Gasteiger charge is -2.21. The summed E-state index contributed by atoms with van der Waals surface area (Å²) in [5.41, 5.74) is 0.454. The Morgan fingerprint density at radius 3 is 2.75 bits per heavy atom. The van der Waals surface area contributed by atoms with E-state index in [1.165, 1.54) is 13.2 Å². The molecule has 16 heavy (non-hydrogen) atoms. The Balaban J connectivity index is 2.69. The van der Waals surface area contributed by atoms with Gasteiger partial charge in [-0.3, -0.25) is 4.79 Å². The second-order valence-corrected chi connectivity index (χ2v) is 4.43. The van der Waals surface area contributed by atoms with Crippen LogP contribution in [-0.2, 0) is 9.53 Å². The summed E-state index contributed by atoms with van der Waals surface area (Å²) in [5, 5.41) is 0. The molecule has 0 aliphatic carbocycles. The molecule has 5 heteroatoms. The Kier molecular flexibility index (Phi) is 4.73. The largest absolute Gasteiger partial charge is 0.468 e. The topological polar surface area (TPSA) is 29.5 Å². The number of hydrogen-bond acceptors (Lipinski definition) is 3. The summed E-state index contributed by atoms with van der Waals surface area (Å²) < 4.78 is 18.0. The zero-order valence-electron chi connectivity index (χ0n) is 9.11. The maximum absolute atomic E-state index is 13.4. The number of nitrogens with zero attached hydrogens (tertiary/aromatic N) is 1. The van der Waals surface area contributed by atoms with E-state index >= 15 is 0 Å². The van der Waals surface area contributed by atoms with Gasteiger partial charge in [0.2, 0.25) is 0 Å². The predicted octanol–water partition coefficient (Wildman–Crippen LogP) is 2.20. The molecule has 0 bridgehead atoms. The van der Waals surface area contributed by atoms with Crippen LogP contribution < -0.4 is 4.90 Å². The number of hydrogen-bond donors (Lipinski definition) is 0. The molecular formula is C11H13BrFNO2. The van der Waals surface area contributed by atoms with Crippen LogP contribution in [0.5, 0.6) is 0 Å². The van der Waals surface area contributed by atoms with Crippen LogP contribution in [0.25, 0.3) is 0 Å². The van der Waals surface area contributed by atoms with Crippen LogP contribution in [0.3, 0.4) is 0 Å². The van der Waals surface area contributed by atoms with E-state index in [2.05, 4.69) is 20.7 Å². The van der Waals surface area contributed by atoms with Crippen LogP contribution in [0, 0.1) is 5.82 Å². The molecule has 0 heterocycles. The monoisotopic (exact) mass is 289 g/mol. The molecule has 0 fully saturated rings. The number of carbonyl (C=O) groups is 1. The van der Waals surface area contributed by atoms with Crippen LogP contribution in [0.1, 0.15) is 0 Å². The van der Waals surface area contributed by atoms with Crippen molar-refractivity contribution in [3.8, 4) is 0 Å². The number of halogens is 2. The van der Waals surface area contributed by atoms with Gasteiger partial charge in [-0.2, -0.15) is 0 Å². The molecule has 1 atom stereocenters. The zero-order chi connectivity index (χ0) is 12.1.